The molecule has 1 aromatic carbocycles. The molecule has 2 rings (SSSR count). The summed E-state index contributed by atoms with van der Waals surface area (Å²) in [6.07, 6.45) is 1.21. The third-order valence-electron chi connectivity index (χ3n) is 4.21. The predicted molar refractivity (Wildman–Crippen MR) is 80.7 cm³/mol. The van der Waals surface area contributed by atoms with Crippen molar-refractivity contribution in [2.75, 3.05) is 25.5 Å². The molecule has 0 bridgehead atoms. The van der Waals surface area contributed by atoms with Crippen molar-refractivity contribution in [2.45, 2.75) is 38.3 Å². The van der Waals surface area contributed by atoms with Crippen LogP contribution in [0.15, 0.2) is 24.3 Å². The number of anilines is 1. The molecule has 116 valence electrons. The molecule has 4 nitrogen and oxygen atoms in total. The summed E-state index contributed by atoms with van der Waals surface area (Å²) >= 11 is 0. The van der Waals surface area contributed by atoms with Crippen LogP contribution in [0.1, 0.15) is 26.7 Å². The number of carbonyl (C=O) groups excluding carboxylic acids is 1. The van der Waals surface area contributed by atoms with E-state index in [2.05, 4.69) is 24.1 Å². The van der Waals surface area contributed by atoms with Crippen LogP contribution in [-0.4, -0.2) is 42.6 Å². The zero-order chi connectivity index (χ0) is 15.5. The maximum absolute atomic E-state index is 13.9. The highest BCUT2D eigenvalue weighted by Crippen LogP contribution is 2.30. The number of nitrogens with zero attached hydrogens (tertiary/aromatic N) is 1. The maximum atomic E-state index is 13.9. The number of halogens is 1. The SMILES string of the molecule is COC(=O)C1(Nc2ccccc2F)CCN(C(C)C)CC1. The third-order valence-corrected chi connectivity index (χ3v) is 4.21. The summed E-state index contributed by atoms with van der Waals surface area (Å²) in [6, 6.07) is 6.85. The molecule has 1 aliphatic heterocycles. The summed E-state index contributed by atoms with van der Waals surface area (Å²) in [7, 11) is 1.38. The van der Waals surface area contributed by atoms with Gasteiger partial charge in [-0.15, -0.1) is 0 Å². The Bertz CT molecular complexity index is 497. The number of likely N-dealkylation sites (tertiary alicyclic amines) is 1. The third kappa shape index (κ3) is 3.35. The van der Waals surface area contributed by atoms with Crippen LogP contribution in [0.2, 0.25) is 0 Å². The molecule has 0 amide bonds. The molecule has 0 aliphatic carbocycles. The number of piperidine rings is 1. The molecule has 0 atom stereocenters. The average molecular weight is 294 g/mol. The van der Waals surface area contributed by atoms with Crippen LogP contribution in [0.5, 0.6) is 0 Å². The fourth-order valence-electron chi connectivity index (χ4n) is 2.82. The lowest BCUT2D eigenvalue weighted by atomic mass is 9.86. The monoisotopic (exact) mass is 294 g/mol. The van der Waals surface area contributed by atoms with E-state index in [9.17, 15) is 9.18 Å². The van der Waals surface area contributed by atoms with Gasteiger partial charge in [0, 0.05) is 19.1 Å². The van der Waals surface area contributed by atoms with Gasteiger partial charge >= 0.3 is 5.97 Å². The molecule has 0 spiro atoms. The Kier molecular flexibility index (Phi) is 4.83. The molecule has 1 heterocycles. The van der Waals surface area contributed by atoms with Crippen molar-refractivity contribution >= 4 is 11.7 Å². The van der Waals surface area contributed by atoms with E-state index in [1.165, 1.54) is 13.2 Å². The molecular formula is C16H23FN2O2. The Balaban J connectivity index is 2.20. The van der Waals surface area contributed by atoms with Gasteiger partial charge in [-0.1, -0.05) is 12.1 Å². The molecule has 1 saturated heterocycles. The normalized spacial score (nSPS) is 18.5. The summed E-state index contributed by atoms with van der Waals surface area (Å²) < 4.78 is 18.8. The van der Waals surface area contributed by atoms with Gasteiger partial charge in [-0.2, -0.15) is 0 Å². The number of methoxy groups -OCH3 is 1. The van der Waals surface area contributed by atoms with E-state index in [1.807, 2.05) is 0 Å². The Morgan fingerprint density at radius 3 is 2.48 bits per heavy atom. The Hall–Kier alpha value is -1.62. The van der Waals surface area contributed by atoms with E-state index in [1.54, 1.807) is 18.2 Å². The molecule has 0 aromatic heterocycles. The second-order valence-corrected chi connectivity index (χ2v) is 5.81. The average Bonchev–Trinajstić information content (AvgIpc) is 2.49. The molecule has 1 N–H and O–H groups in total. The number of para-hydroxylation sites is 1. The number of hydrogen-bond donors (Lipinski definition) is 1. The highest BCUT2D eigenvalue weighted by Gasteiger charge is 2.43. The first-order valence-corrected chi connectivity index (χ1v) is 7.34. The van der Waals surface area contributed by atoms with Gasteiger partial charge in [0.1, 0.15) is 11.4 Å². The molecule has 1 aromatic rings. The Morgan fingerprint density at radius 1 is 1.33 bits per heavy atom. The molecule has 0 unspecified atom stereocenters. The zero-order valence-electron chi connectivity index (χ0n) is 12.9. The minimum atomic E-state index is -0.845. The first-order valence-electron chi connectivity index (χ1n) is 7.34. The van der Waals surface area contributed by atoms with Crippen molar-refractivity contribution in [1.29, 1.82) is 0 Å². The Morgan fingerprint density at radius 2 is 1.95 bits per heavy atom. The summed E-state index contributed by atoms with van der Waals surface area (Å²) in [4.78, 5) is 14.6. The van der Waals surface area contributed by atoms with E-state index in [-0.39, 0.29) is 11.8 Å². The van der Waals surface area contributed by atoms with Gasteiger partial charge in [-0.05, 0) is 38.8 Å². The molecule has 1 fully saturated rings. The second kappa shape index (κ2) is 6.43. The number of nitrogens with one attached hydrogen (secondary N) is 1. The fourth-order valence-corrected chi connectivity index (χ4v) is 2.82. The van der Waals surface area contributed by atoms with Crippen LogP contribution in [-0.2, 0) is 9.53 Å². The number of ether oxygens (including phenoxy) is 1. The van der Waals surface area contributed by atoms with Gasteiger partial charge in [0.05, 0.1) is 12.8 Å². The lowest BCUT2D eigenvalue weighted by molar-refractivity contribution is -0.148. The van der Waals surface area contributed by atoms with Gasteiger partial charge in [0.25, 0.3) is 0 Å². The minimum absolute atomic E-state index is 0.325. The number of esters is 1. The van der Waals surface area contributed by atoms with E-state index in [0.29, 0.717) is 24.6 Å². The van der Waals surface area contributed by atoms with Crippen LogP contribution in [0.25, 0.3) is 0 Å². The van der Waals surface area contributed by atoms with Gasteiger partial charge in [0.15, 0.2) is 0 Å². The number of benzene rings is 1. The van der Waals surface area contributed by atoms with Crippen LogP contribution >= 0.6 is 0 Å². The summed E-state index contributed by atoms with van der Waals surface area (Å²) in [6.45, 7) is 5.84. The standard InChI is InChI=1S/C16H23FN2O2/c1-12(2)19-10-8-16(9-11-19,15(20)21-3)18-14-7-5-4-6-13(14)17/h4-7,12,18H,8-11H2,1-3H3. The number of hydrogen-bond acceptors (Lipinski definition) is 4. The summed E-state index contributed by atoms with van der Waals surface area (Å²) in [5.74, 6) is -0.679. The lowest BCUT2D eigenvalue weighted by Gasteiger charge is -2.42. The first kappa shape index (κ1) is 15.8. The zero-order valence-corrected chi connectivity index (χ0v) is 12.9. The molecule has 21 heavy (non-hydrogen) atoms. The van der Waals surface area contributed by atoms with E-state index in [4.69, 9.17) is 4.74 Å². The number of rotatable bonds is 4. The van der Waals surface area contributed by atoms with Gasteiger partial charge in [-0.3, -0.25) is 0 Å². The van der Waals surface area contributed by atoms with E-state index in [0.717, 1.165) is 13.1 Å². The van der Waals surface area contributed by atoms with Gasteiger partial charge < -0.3 is 15.0 Å². The van der Waals surface area contributed by atoms with Gasteiger partial charge in [-0.25, -0.2) is 9.18 Å². The van der Waals surface area contributed by atoms with Crippen LogP contribution < -0.4 is 5.32 Å². The maximum Gasteiger partial charge on any atom is 0.331 e. The summed E-state index contributed by atoms with van der Waals surface area (Å²) in [5, 5.41) is 3.10. The molecule has 5 heteroatoms. The largest absolute Gasteiger partial charge is 0.467 e. The molecule has 0 radical (unpaired) electrons. The summed E-state index contributed by atoms with van der Waals surface area (Å²) in [5.41, 5.74) is -0.497. The predicted octanol–water partition coefficient (Wildman–Crippen LogP) is 2.65. The van der Waals surface area contributed by atoms with Crippen molar-refractivity contribution in [3.63, 3.8) is 0 Å². The minimum Gasteiger partial charge on any atom is -0.467 e. The Labute approximate surface area is 125 Å². The van der Waals surface area contributed by atoms with Crippen molar-refractivity contribution in [3.8, 4) is 0 Å². The first-order chi connectivity index (χ1) is 9.98. The van der Waals surface area contributed by atoms with Gasteiger partial charge in [0.2, 0.25) is 0 Å². The van der Waals surface area contributed by atoms with Crippen LogP contribution in [0, 0.1) is 5.82 Å². The fraction of sp³-hybridized carbons (Fsp3) is 0.562. The lowest BCUT2D eigenvalue weighted by Crippen LogP contribution is -2.56. The topological polar surface area (TPSA) is 41.6 Å². The van der Waals surface area contributed by atoms with E-state index >= 15 is 0 Å². The van der Waals surface area contributed by atoms with Crippen molar-refractivity contribution < 1.29 is 13.9 Å². The van der Waals surface area contributed by atoms with Crippen molar-refractivity contribution in [1.82, 2.24) is 4.90 Å². The van der Waals surface area contributed by atoms with E-state index < -0.39 is 5.54 Å². The highest BCUT2D eigenvalue weighted by atomic mass is 19.1. The molecule has 0 saturated carbocycles. The van der Waals surface area contributed by atoms with Crippen LogP contribution in [0.3, 0.4) is 0 Å². The highest BCUT2D eigenvalue weighted by molar-refractivity contribution is 5.84. The smallest absolute Gasteiger partial charge is 0.331 e. The second-order valence-electron chi connectivity index (χ2n) is 5.81. The number of carbonyl (C=O) groups is 1. The van der Waals surface area contributed by atoms with Crippen LogP contribution in [0.4, 0.5) is 10.1 Å². The quantitative estimate of drug-likeness (QED) is 0.867. The molecule has 1 aliphatic rings. The van der Waals surface area contributed by atoms with Crippen molar-refractivity contribution in [2.24, 2.45) is 0 Å². The van der Waals surface area contributed by atoms with Crippen molar-refractivity contribution in [3.05, 3.63) is 30.1 Å². The molecular weight excluding hydrogens is 271 g/mol.